The molecule has 0 aliphatic carbocycles. The number of nitrogens with one attached hydrogen (secondary N) is 1. The van der Waals surface area contributed by atoms with Crippen LogP contribution in [0, 0.1) is 10.1 Å². The summed E-state index contributed by atoms with van der Waals surface area (Å²) in [6, 6.07) is 4.48. The Kier molecular flexibility index (Phi) is 4.17. The summed E-state index contributed by atoms with van der Waals surface area (Å²) in [5, 5.41) is 17.8. The number of nitro benzene ring substituents is 1. The van der Waals surface area contributed by atoms with Crippen LogP contribution in [-0.4, -0.2) is 34.3 Å². The predicted octanol–water partition coefficient (Wildman–Crippen LogP) is 2.00. The van der Waals surface area contributed by atoms with E-state index in [0.717, 1.165) is 0 Å². The van der Waals surface area contributed by atoms with Crippen molar-refractivity contribution in [3.63, 3.8) is 0 Å². The molecule has 110 valence electrons. The van der Waals surface area contributed by atoms with Crippen molar-refractivity contribution in [2.24, 2.45) is 0 Å². The number of benzene rings is 1. The number of ether oxygens (including phenoxy) is 1. The number of nitro groups is 1. The van der Waals surface area contributed by atoms with Gasteiger partial charge in [0, 0.05) is 31.1 Å². The maximum absolute atomic E-state index is 11.6. The number of rotatable bonds is 5. The van der Waals surface area contributed by atoms with E-state index < -0.39 is 10.9 Å². The summed E-state index contributed by atoms with van der Waals surface area (Å²) in [7, 11) is 1.66. The summed E-state index contributed by atoms with van der Waals surface area (Å²) in [6.07, 6.45) is 2.83. The molecule has 1 N–H and O–H groups in total. The van der Waals surface area contributed by atoms with Crippen LogP contribution >= 0.6 is 0 Å². The molecule has 0 fully saturated rings. The van der Waals surface area contributed by atoms with Gasteiger partial charge in [-0.25, -0.2) is 9.48 Å². The Hall–Kier alpha value is -2.90. The maximum atomic E-state index is 11.6. The first-order valence-corrected chi connectivity index (χ1v) is 6.24. The van der Waals surface area contributed by atoms with Crippen molar-refractivity contribution in [2.45, 2.75) is 6.92 Å². The second-order valence-corrected chi connectivity index (χ2v) is 4.14. The van der Waals surface area contributed by atoms with Gasteiger partial charge in [0.1, 0.15) is 0 Å². The van der Waals surface area contributed by atoms with Gasteiger partial charge in [0.15, 0.2) is 0 Å². The van der Waals surface area contributed by atoms with Crippen LogP contribution < -0.4 is 5.32 Å². The maximum Gasteiger partial charge on any atom is 0.341 e. The molecule has 8 heteroatoms. The average molecular weight is 290 g/mol. The number of carbonyl (C=O) groups excluding carboxylic acids is 1. The minimum atomic E-state index is -0.486. The first-order chi connectivity index (χ1) is 10.0. The highest BCUT2D eigenvalue weighted by Crippen LogP contribution is 2.23. The topological polar surface area (TPSA) is 99.3 Å². The summed E-state index contributed by atoms with van der Waals surface area (Å²) in [5.41, 5.74) is 1.27. The number of non-ortho nitro benzene ring substituents is 1. The van der Waals surface area contributed by atoms with Crippen LogP contribution in [0.25, 0.3) is 5.69 Å². The van der Waals surface area contributed by atoms with Crippen molar-refractivity contribution in [1.29, 1.82) is 0 Å². The number of aromatic nitrogens is 2. The van der Waals surface area contributed by atoms with E-state index in [1.165, 1.54) is 29.2 Å². The largest absolute Gasteiger partial charge is 0.462 e. The van der Waals surface area contributed by atoms with E-state index >= 15 is 0 Å². The Bertz CT molecular complexity index is 681. The van der Waals surface area contributed by atoms with Gasteiger partial charge in [0.25, 0.3) is 5.69 Å². The molecular formula is C13H14N4O4. The monoisotopic (exact) mass is 290 g/mol. The predicted molar refractivity (Wildman–Crippen MR) is 75.7 cm³/mol. The van der Waals surface area contributed by atoms with E-state index in [1.54, 1.807) is 20.0 Å². The van der Waals surface area contributed by atoms with Crippen LogP contribution in [0.4, 0.5) is 11.4 Å². The van der Waals surface area contributed by atoms with Crippen LogP contribution in [0.15, 0.2) is 30.6 Å². The number of nitrogens with zero attached hydrogens (tertiary/aromatic N) is 3. The van der Waals surface area contributed by atoms with Gasteiger partial charge in [-0.15, -0.1) is 0 Å². The second-order valence-electron chi connectivity index (χ2n) is 4.14. The first kappa shape index (κ1) is 14.5. The molecule has 0 unspecified atom stereocenters. The Morgan fingerprint density at radius 1 is 1.48 bits per heavy atom. The van der Waals surface area contributed by atoms with Crippen LogP contribution in [0.3, 0.4) is 0 Å². The lowest BCUT2D eigenvalue weighted by molar-refractivity contribution is -0.384. The van der Waals surface area contributed by atoms with Gasteiger partial charge >= 0.3 is 5.97 Å². The lowest BCUT2D eigenvalue weighted by atomic mass is 10.2. The molecule has 2 rings (SSSR count). The molecule has 8 nitrogen and oxygen atoms in total. The highest BCUT2D eigenvalue weighted by molar-refractivity contribution is 5.88. The Labute approximate surface area is 120 Å². The van der Waals surface area contributed by atoms with E-state index in [0.29, 0.717) is 11.4 Å². The SMILES string of the molecule is CCOC(=O)c1cnn(-c2cc(NC)cc([N+](=O)[O-])c2)c1. The fraction of sp³-hybridized carbons (Fsp3) is 0.231. The summed E-state index contributed by atoms with van der Waals surface area (Å²) < 4.78 is 6.26. The molecule has 0 aliphatic heterocycles. The smallest absolute Gasteiger partial charge is 0.341 e. The zero-order valence-electron chi connectivity index (χ0n) is 11.6. The molecule has 2 aromatic rings. The molecule has 0 spiro atoms. The molecule has 0 amide bonds. The van der Waals surface area contributed by atoms with Crippen molar-refractivity contribution in [2.75, 3.05) is 19.0 Å². The van der Waals surface area contributed by atoms with Crippen molar-refractivity contribution in [3.8, 4) is 5.69 Å². The highest BCUT2D eigenvalue weighted by atomic mass is 16.6. The third kappa shape index (κ3) is 3.16. The van der Waals surface area contributed by atoms with E-state index in [2.05, 4.69) is 10.4 Å². The minimum absolute atomic E-state index is 0.0648. The number of hydrogen-bond acceptors (Lipinski definition) is 6. The van der Waals surface area contributed by atoms with E-state index in [1.807, 2.05) is 0 Å². The van der Waals surface area contributed by atoms with E-state index in [-0.39, 0.29) is 17.9 Å². The Morgan fingerprint density at radius 2 is 2.24 bits per heavy atom. The standard InChI is InChI=1S/C13H14N4O4/c1-3-21-13(18)9-7-15-16(8-9)11-4-10(14-2)5-12(6-11)17(19)20/h4-8,14H,3H2,1-2H3. The zero-order valence-corrected chi connectivity index (χ0v) is 11.6. The quantitative estimate of drug-likeness (QED) is 0.513. The van der Waals surface area contributed by atoms with Gasteiger partial charge in [-0.1, -0.05) is 0 Å². The van der Waals surface area contributed by atoms with Crippen molar-refractivity contribution >= 4 is 17.3 Å². The van der Waals surface area contributed by atoms with E-state index in [4.69, 9.17) is 4.74 Å². The van der Waals surface area contributed by atoms with Gasteiger partial charge < -0.3 is 10.1 Å². The molecule has 0 bridgehead atoms. The summed E-state index contributed by atoms with van der Waals surface area (Å²) in [4.78, 5) is 22.0. The third-order valence-electron chi connectivity index (χ3n) is 2.76. The Balaban J connectivity index is 2.39. The van der Waals surface area contributed by atoms with Gasteiger partial charge in [-0.05, 0) is 13.0 Å². The fourth-order valence-corrected chi connectivity index (χ4v) is 1.76. The molecule has 1 aromatic heterocycles. The number of hydrogen-bond donors (Lipinski definition) is 1. The van der Waals surface area contributed by atoms with Gasteiger partial charge in [0.2, 0.25) is 0 Å². The van der Waals surface area contributed by atoms with Gasteiger partial charge in [-0.2, -0.15) is 5.10 Å². The van der Waals surface area contributed by atoms with E-state index in [9.17, 15) is 14.9 Å². The number of carbonyl (C=O) groups is 1. The lowest BCUT2D eigenvalue weighted by Gasteiger charge is -2.05. The average Bonchev–Trinajstić information content (AvgIpc) is 2.97. The van der Waals surface area contributed by atoms with Crippen LogP contribution in [0.5, 0.6) is 0 Å². The second kappa shape index (κ2) is 6.04. The van der Waals surface area contributed by atoms with Crippen LogP contribution in [0.2, 0.25) is 0 Å². The fourth-order valence-electron chi connectivity index (χ4n) is 1.76. The summed E-state index contributed by atoms with van der Waals surface area (Å²) >= 11 is 0. The number of anilines is 1. The normalized spacial score (nSPS) is 10.2. The third-order valence-corrected chi connectivity index (χ3v) is 2.76. The minimum Gasteiger partial charge on any atom is -0.462 e. The molecule has 1 heterocycles. The molecule has 0 saturated carbocycles. The molecule has 0 radical (unpaired) electrons. The first-order valence-electron chi connectivity index (χ1n) is 6.24. The number of esters is 1. The highest BCUT2D eigenvalue weighted by Gasteiger charge is 2.14. The van der Waals surface area contributed by atoms with Gasteiger partial charge in [-0.3, -0.25) is 10.1 Å². The molecule has 0 aliphatic rings. The molecule has 1 aromatic carbocycles. The molecular weight excluding hydrogens is 276 g/mol. The van der Waals surface area contributed by atoms with Crippen molar-refractivity contribution in [3.05, 3.63) is 46.3 Å². The molecule has 0 atom stereocenters. The Morgan fingerprint density at radius 3 is 2.86 bits per heavy atom. The van der Waals surface area contributed by atoms with Crippen molar-refractivity contribution < 1.29 is 14.5 Å². The molecule has 0 saturated heterocycles. The van der Waals surface area contributed by atoms with Gasteiger partial charge in [0.05, 0.1) is 29.0 Å². The lowest BCUT2D eigenvalue weighted by Crippen LogP contribution is -2.03. The molecule has 21 heavy (non-hydrogen) atoms. The summed E-state index contributed by atoms with van der Waals surface area (Å²) in [6.45, 7) is 1.98. The van der Waals surface area contributed by atoms with Crippen LogP contribution in [-0.2, 0) is 4.74 Å². The summed E-state index contributed by atoms with van der Waals surface area (Å²) in [5.74, 6) is -0.483. The van der Waals surface area contributed by atoms with Crippen LogP contribution in [0.1, 0.15) is 17.3 Å². The zero-order chi connectivity index (χ0) is 15.4. The van der Waals surface area contributed by atoms with Crippen molar-refractivity contribution in [1.82, 2.24) is 9.78 Å².